The highest BCUT2D eigenvalue weighted by molar-refractivity contribution is 5.73. The summed E-state index contributed by atoms with van der Waals surface area (Å²) >= 11 is 0. The number of hydrogen-bond acceptors (Lipinski definition) is 6. The van der Waals surface area contributed by atoms with Crippen LogP contribution in [0.5, 0.6) is 5.88 Å². The third-order valence-corrected chi connectivity index (χ3v) is 7.31. The summed E-state index contributed by atoms with van der Waals surface area (Å²) in [5.74, 6) is 1.95. The second-order valence-electron chi connectivity index (χ2n) is 11.6. The molecule has 0 aliphatic carbocycles. The predicted molar refractivity (Wildman–Crippen MR) is 148 cm³/mol. The maximum Gasteiger partial charge on any atom is 0.410 e. The maximum atomic E-state index is 12.5. The van der Waals surface area contributed by atoms with Crippen molar-refractivity contribution < 1.29 is 23.8 Å². The van der Waals surface area contributed by atoms with Crippen molar-refractivity contribution in [3.05, 3.63) is 59.3 Å². The second kappa shape index (κ2) is 13.6. The Labute approximate surface area is 227 Å². The fraction of sp³-hybridized carbons (Fsp3) is 0.581. The summed E-state index contributed by atoms with van der Waals surface area (Å²) in [4.78, 5) is 30.8. The molecule has 3 rings (SSSR count). The number of aryl methyl sites for hydroxylation is 1. The van der Waals surface area contributed by atoms with Crippen LogP contribution in [-0.4, -0.2) is 47.2 Å². The number of carbonyl (C=O) groups is 2. The van der Waals surface area contributed by atoms with Crippen LogP contribution < -0.4 is 4.74 Å². The van der Waals surface area contributed by atoms with Crippen LogP contribution in [0.4, 0.5) is 4.79 Å². The zero-order chi connectivity index (χ0) is 27.7. The highest BCUT2D eigenvalue weighted by Gasteiger charge is 2.29. The predicted octanol–water partition coefficient (Wildman–Crippen LogP) is 6.36. The largest absolute Gasteiger partial charge is 0.477 e. The van der Waals surface area contributed by atoms with Gasteiger partial charge in [0.15, 0.2) is 0 Å². The summed E-state index contributed by atoms with van der Waals surface area (Å²) in [7, 11) is 0. The molecule has 1 amide bonds. The number of likely N-dealkylation sites (tertiary alicyclic amines) is 1. The number of nitrogens with zero attached hydrogens (tertiary/aromatic N) is 2. The van der Waals surface area contributed by atoms with Gasteiger partial charge < -0.3 is 19.1 Å². The van der Waals surface area contributed by atoms with Crippen LogP contribution in [0.3, 0.4) is 0 Å². The molecule has 0 radical (unpaired) electrons. The average molecular weight is 525 g/mol. The van der Waals surface area contributed by atoms with Crippen LogP contribution in [0.2, 0.25) is 0 Å². The molecule has 1 aliphatic heterocycles. The van der Waals surface area contributed by atoms with Crippen LogP contribution in [0.25, 0.3) is 0 Å². The Kier molecular flexibility index (Phi) is 10.6. The first-order chi connectivity index (χ1) is 18.0. The van der Waals surface area contributed by atoms with E-state index >= 15 is 0 Å². The number of rotatable bonds is 10. The minimum Gasteiger partial charge on any atom is -0.477 e. The van der Waals surface area contributed by atoms with Crippen molar-refractivity contribution in [2.75, 3.05) is 19.7 Å². The lowest BCUT2D eigenvalue weighted by Crippen LogP contribution is -2.40. The van der Waals surface area contributed by atoms with Crippen molar-refractivity contribution in [3.8, 4) is 5.88 Å². The van der Waals surface area contributed by atoms with Gasteiger partial charge in [-0.2, -0.15) is 0 Å². The van der Waals surface area contributed by atoms with Gasteiger partial charge in [0.1, 0.15) is 12.2 Å². The molecule has 0 saturated carbocycles. The monoisotopic (exact) mass is 524 g/mol. The molecule has 38 heavy (non-hydrogen) atoms. The lowest BCUT2D eigenvalue weighted by Gasteiger charge is -2.36. The molecule has 1 fully saturated rings. The first-order valence-corrected chi connectivity index (χ1v) is 13.8. The second-order valence-corrected chi connectivity index (χ2v) is 11.6. The first kappa shape index (κ1) is 29.5. The maximum absolute atomic E-state index is 12.5. The molecule has 7 heteroatoms. The van der Waals surface area contributed by atoms with Crippen LogP contribution >= 0.6 is 0 Å². The molecule has 0 spiro atoms. The number of aromatic nitrogens is 1. The lowest BCUT2D eigenvalue weighted by atomic mass is 9.77. The molecule has 1 aliphatic rings. The third-order valence-electron chi connectivity index (χ3n) is 7.31. The topological polar surface area (TPSA) is 78.0 Å². The van der Waals surface area contributed by atoms with E-state index in [0.717, 1.165) is 49.0 Å². The van der Waals surface area contributed by atoms with Crippen molar-refractivity contribution in [2.45, 2.75) is 79.4 Å². The van der Waals surface area contributed by atoms with Gasteiger partial charge in [0.05, 0.1) is 13.0 Å². The molecule has 1 aromatic heterocycles. The number of ether oxygens (including phenoxy) is 3. The Morgan fingerprint density at radius 3 is 2.39 bits per heavy atom. The molecule has 2 heterocycles. The van der Waals surface area contributed by atoms with Crippen molar-refractivity contribution in [3.63, 3.8) is 0 Å². The van der Waals surface area contributed by atoms with E-state index in [2.05, 4.69) is 18.8 Å². The molecule has 1 aromatic carbocycles. The van der Waals surface area contributed by atoms with E-state index in [1.54, 1.807) is 6.20 Å². The fourth-order valence-electron chi connectivity index (χ4n) is 4.90. The average Bonchev–Trinajstić information content (AvgIpc) is 2.87. The van der Waals surface area contributed by atoms with E-state index in [1.165, 1.54) is 0 Å². The Morgan fingerprint density at radius 2 is 1.76 bits per heavy atom. The number of amides is 1. The van der Waals surface area contributed by atoms with Crippen molar-refractivity contribution in [1.29, 1.82) is 0 Å². The summed E-state index contributed by atoms with van der Waals surface area (Å²) in [5.41, 5.74) is 2.24. The quantitative estimate of drug-likeness (QED) is 0.336. The summed E-state index contributed by atoms with van der Waals surface area (Å²) in [6.45, 7) is 14.5. The van der Waals surface area contributed by atoms with E-state index in [9.17, 15) is 9.59 Å². The highest BCUT2D eigenvalue weighted by Crippen LogP contribution is 2.32. The molecule has 1 saturated heterocycles. The Balaban J connectivity index is 1.37. The molecule has 208 valence electrons. The third kappa shape index (κ3) is 9.34. The van der Waals surface area contributed by atoms with Crippen molar-refractivity contribution in [2.24, 2.45) is 17.8 Å². The summed E-state index contributed by atoms with van der Waals surface area (Å²) in [6, 6.07) is 11.7. The fourth-order valence-corrected chi connectivity index (χ4v) is 4.90. The zero-order valence-electron chi connectivity index (χ0n) is 23.9. The van der Waals surface area contributed by atoms with E-state index in [4.69, 9.17) is 14.2 Å². The molecule has 0 N–H and O–H groups in total. The van der Waals surface area contributed by atoms with Gasteiger partial charge in [-0.15, -0.1) is 0 Å². The van der Waals surface area contributed by atoms with E-state index in [1.807, 2.05) is 69.0 Å². The Hall–Kier alpha value is -3.09. The molecule has 7 nitrogen and oxygen atoms in total. The van der Waals surface area contributed by atoms with Crippen molar-refractivity contribution >= 4 is 12.1 Å². The summed E-state index contributed by atoms with van der Waals surface area (Å²) in [6.07, 6.45) is 4.59. The molecule has 2 aromatic rings. The lowest BCUT2D eigenvalue weighted by molar-refractivity contribution is -0.153. The molecule has 0 bridgehead atoms. The highest BCUT2D eigenvalue weighted by atomic mass is 16.6. The standard InChI is InChI=1S/C31H44N2O5/c1-22(14-17-36-29-23(2)18-26(20-32-29)19-28(34)38-31(4,5)6)24(3)27-12-15-33(16-13-27)30(35)37-21-25-10-8-7-9-11-25/h7-11,18,20,22,24,27H,12-17,19,21H2,1-6H3/t22-,24-/m0/s1. The van der Waals surface area contributed by atoms with Crippen LogP contribution in [-0.2, 0) is 27.3 Å². The molecule has 0 unspecified atom stereocenters. The zero-order valence-corrected chi connectivity index (χ0v) is 23.9. The van der Waals surface area contributed by atoms with E-state index in [0.29, 0.717) is 36.8 Å². The smallest absolute Gasteiger partial charge is 0.410 e. The minimum absolute atomic E-state index is 0.198. The summed E-state index contributed by atoms with van der Waals surface area (Å²) in [5, 5.41) is 0. The Bertz CT molecular complexity index is 1040. The number of pyridine rings is 1. The molecule has 2 atom stereocenters. The van der Waals surface area contributed by atoms with Gasteiger partial charge in [0, 0.05) is 24.8 Å². The van der Waals surface area contributed by atoms with Gasteiger partial charge in [0.2, 0.25) is 5.88 Å². The van der Waals surface area contributed by atoms with Gasteiger partial charge in [-0.25, -0.2) is 9.78 Å². The SMILES string of the molecule is Cc1cc(CC(=O)OC(C)(C)C)cnc1OCC[C@H](C)[C@H](C)C1CCN(C(=O)OCc2ccccc2)CC1. The number of carbonyl (C=O) groups excluding carboxylic acids is 2. The van der Waals surface area contributed by atoms with E-state index < -0.39 is 5.60 Å². The minimum atomic E-state index is -0.498. The van der Waals surface area contributed by atoms with Crippen LogP contribution in [0.1, 0.15) is 70.6 Å². The molecular formula is C31H44N2O5. The normalized spacial score (nSPS) is 16.0. The molecular weight excluding hydrogens is 480 g/mol. The van der Waals surface area contributed by atoms with Crippen LogP contribution in [0, 0.1) is 24.7 Å². The number of hydrogen-bond donors (Lipinski definition) is 0. The summed E-state index contributed by atoms with van der Waals surface area (Å²) < 4.78 is 16.9. The van der Waals surface area contributed by atoms with Gasteiger partial charge in [-0.3, -0.25) is 4.79 Å². The van der Waals surface area contributed by atoms with Crippen LogP contribution in [0.15, 0.2) is 42.6 Å². The number of esters is 1. The Morgan fingerprint density at radius 1 is 1.08 bits per heavy atom. The van der Waals surface area contributed by atoms with Gasteiger partial charge in [-0.1, -0.05) is 44.2 Å². The van der Waals surface area contributed by atoms with E-state index in [-0.39, 0.29) is 18.5 Å². The number of piperidine rings is 1. The first-order valence-electron chi connectivity index (χ1n) is 13.8. The number of benzene rings is 1. The van der Waals surface area contributed by atoms with Gasteiger partial charge >= 0.3 is 12.1 Å². The van der Waals surface area contributed by atoms with Gasteiger partial charge in [0.25, 0.3) is 0 Å². The van der Waals surface area contributed by atoms with Crippen molar-refractivity contribution in [1.82, 2.24) is 9.88 Å². The van der Waals surface area contributed by atoms with Gasteiger partial charge in [-0.05, 0) is 81.9 Å².